The molecule has 0 bridgehead atoms. The maximum Gasteiger partial charge on any atom is 0.179 e. The van der Waals surface area contributed by atoms with Crippen molar-refractivity contribution in [1.29, 1.82) is 5.41 Å². The number of benzene rings is 1. The molecular formula is C12H16BrFN2O3. The third-order valence-corrected chi connectivity index (χ3v) is 3.03. The average Bonchev–Trinajstić information content (AvgIpc) is 2.38. The van der Waals surface area contributed by atoms with Gasteiger partial charge in [0.1, 0.15) is 12.4 Å². The molecule has 0 aliphatic heterocycles. The van der Waals surface area contributed by atoms with Gasteiger partial charge in [-0.15, -0.1) is 0 Å². The van der Waals surface area contributed by atoms with Crippen molar-refractivity contribution in [3.63, 3.8) is 0 Å². The normalized spacial score (nSPS) is 10.5. The molecular weight excluding hydrogens is 319 g/mol. The Morgan fingerprint density at radius 3 is 2.63 bits per heavy atom. The number of amidine groups is 1. The predicted molar refractivity (Wildman–Crippen MR) is 73.3 cm³/mol. The summed E-state index contributed by atoms with van der Waals surface area (Å²) in [5.41, 5.74) is 5.61. The number of methoxy groups -OCH3 is 1. The summed E-state index contributed by atoms with van der Waals surface area (Å²) in [6.45, 7) is 1.55. The van der Waals surface area contributed by atoms with Crippen molar-refractivity contribution in [2.45, 2.75) is 0 Å². The van der Waals surface area contributed by atoms with Gasteiger partial charge >= 0.3 is 0 Å². The Morgan fingerprint density at radius 1 is 1.32 bits per heavy atom. The van der Waals surface area contributed by atoms with Gasteiger partial charge in [0.2, 0.25) is 0 Å². The minimum atomic E-state index is -0.579. The van der Waals surface area contributed by atoms with Crippen molar-refractivity contribution in [3.8, 4) is 5.75 Å². The topological polar surface area (TPSA) is 77.6 Å². The molecule has 1 aromatic rings. The highest BCUT2D eigenvalue weighted by atomic mass is 79.9. The number of nitrogens with one attached hydrogen (secondary N) is 1. The van der Waals surface area contributed by atoms with Gasteiger partial charge in [-0.1, -0.05) is 0 Å². The summed E-state index contributed by atoms with van der Waals surface area (Å²) >= 11 is 3.05. The molecule has 0 saturated carbocycles. The monoisotopic (exact) mass is 334 g/mol. The molecule has 1 rings (SSSR count). The Labute approximate surface area is 119 Å². The molecule has 7 heteroatoms. The van der Waals surface area contributed by atoms with E-state index < -0.39 is 5.82 Å². The first-order valence-corrected chi connectivity index (χ1v) is 6.39. The quantitative estimate of drug-likeness (QED) is 0.432. The molecule has 3 N–H and O–H groups in total. The van der Waals surface area contributed by atoms with E-state index in [9.17, 15) is 4.39 Å². The first-order chi connectivity index (χ1) is 9.07. The molecule has 0 heterocycles. The first kappa shape index (κ1) is 15.9. The van der Waals surface area contributed by atoms with Crippen molar-refractivity contribution in [2.75, 3.05) is 33.5 Å². The van der Waals surface area contributed by atoms with Crippen LogP contribution in [0.5, 0.6) is 5.75 Å². The molecule has 0 radical (unpaired) electrons. The van der Waals surface area contributed by atoms with Crippen LogP contribution < -0.4 is 10.5 Å². The average molecular weight is 335 g/mol. The zero-order chi connectivity index (χ0) is 14.3. The van der Waals surface area contributed by atoms with Gasteiger partial charge in [0.15, 0.2) is 11.6 Å². The van der Waals surface area contributed by atoms with E-state index in [4.69, 9.17) is 25.4 Å². The fourth-order valence-corrected chi connectivity index (χ4v) is 1.85. The van der Waals surface area contributed by atoms with Gasteiger partial charge in [0.05, 0.1) is 24.3 Å². The van der Waals surface area contributed by atoms with E-state index >= 15 is 0 Å². The highest BCUT2D eigenvalue weighted by Crippen LogP contribution is 2.28. The van der Waals surface area contributed by atoms with Crippen LogP contribution in [-0.4, -0.2) is 39.4 Å². The van der Waals surface area contributed by atoms with E-state index in [0.717, 1.165) is 0 Å². The lowest BCUT2D eigenvalue weighted by atomic mass is 10.2. The van der Waals surface area contributed by atoms with Crippen molar-refractivity contribution >= 4 is 21.8 Å². The molecule has 1 aromatic carbocycles. The lowest BCUT2D eigenvalue weighted by Crippen LogP contribution is -2.14. The van der Waals surface area contributed by atoms with Crippen LogP contribution in [0.25, 0.3) is 0 Å². The molecule has 0 spiro atoms. The number of ether oxygens (including phenoxy) is 3. The van der Waals surface area contributed by atoms with Gasteiger partial charge in [-0.3, -0.25) is 5.41 Å². The second-order valence-corrected chi connectivity index (χ2v) is 4.40. The lowest BCUT2D eigenvalue weighted by molar-refractivity contribution is 0.0538. The minimum absolute atomic E-state index is 0.0900. The molecule has 0 saturated heterocycles. The summed E-state index contributed by atoms with van der Waals surface area (Å²) in [5.74, 6) is -0.697. The molecule has 0 fully saturated rings. The molecule has 0 unspecified atom stereocenters. The molecule has 106 valence electrons. The number of rotatable bonds is 8. The van der Waals surface area contributed by atoms with Crippen LogP contribution in [0.3, 0.4) is 0 Å². The number of nitrogen functional groups attached to an aromatic ring is 1. The number of nitrogens with two attached hydrogens (primary N) is 1. The van der Waals surface area contributed by atoms with Gasteiger partial charge in [-0.2, -0.15) is 0 Å². The molecule has 0 atom stereocenters. The summed E-state index contributed by atoms with van der Waals surface area (Å²) in [6, 6.07) is 2.96. The van der Waals surface area contributed by atoms with E-state index in [1.165, 1.54) is 12.1 Å². The number of hydrogen-bond acceptors (Lipinski definition) is 4. The molecule has 0 aliphatic rings. The van der Waals surface area contributed by atoms with E-state index in [0.29, 0.717) is 25.4 Å². The van der Waals surface area contributed by atoms with E-state index in [1.807, 2.05) is 0 Å². The number of halogens is 2. The molecule has 0 aromatic heterocycles. The van der Waals surface area contributed by atoms with Crippen LogP contribution in [0, 0.1) is 11.2 Å². The molecule has 0 aliphatic carbocycles. The highest BCUT2D eigenvalue weighted by Gasteiger charge is 2.13. The highest BCUT2D eigenvalue weighted by molar-refractivity contribution is 9.10. The Hall–Kier alpha value is -1.18. The van der Waals surface area contributed by atoms with E-state index in [2.05, 4.69) is 15.9 Å². The van der Waals surface area contributed by atoms with Crippen molar-refractivity contribution in [2.24, 2.45) is 5.73 Å². The largest absolute Gasteiger partial charge is 0.488 e. The van der Waals surface area contributed by atoms with E-state index in [1.54, 1.807) is 7.11 Å². The van der Waals surface area contributed by atoms with Crippen LogP contribution in [0.15, 0.2) is 16.6 Å². The zero-order valence-electron chi connectivity index (χ0n) is 10.5. The van der Waals surface area contributed by atoms with Crippen LogP contribution in [0.1, 0.15) is 5.56 Å². The van der Waals surface area contributed by atoms with Crippen LogP contribution in [0.2, 0.25) is 0 Å². The minimum Gasteiger partial charge on any atom is -0.488 e. The predicted octanol–water partition coefficient (Wildman–Crippen LogP) is 1.91. The van der Waals surface area contributed by atoms with E-state index in [-0.39, 0.29) is 22.7 Å². The molecule has 19 heavy (non-hydrogen) atoms. The summed E-state index contributed by atoms with van der Waals surface area (Å²) in [5, 5.41) is 7.28. The van der Waals surface area contributed by atoms with Gasteiger partial charge in [0, 0.05) is 12.7 Å². The third-order valence-electron chi connectivity index (χ3n) is 2.25. The summed E-state index contributed by atoms with van der Waals surface area (Å²) < 4.78 is 29.2. The van der Waals surface area contributed by atoms with Crippen LogP contribution >= 0.6 is 15.9 Å². The fraction of sp³-hybridized carbons (Fsp3) is 0.417. The van der Waals surface area contributed by atoms with Gasteiger partial charge < -0.3 is 19.9 Å². The van der Waals surface area contributed by atoms with Crippen molar-refractivity contribution in [1.82, 2.24) is 0 Å². The SMILES string of the molecule is COCCOCCOc1ccc(C(=N)N)c(Br)c1F. The van der Waals surface area contributed by atoms with Gasteiger partial charge in [-0.25, -0.2) is 4.39 Å². The van der Waals surface area contributed by atoms with Crippen LogP contribution in [-0.2, 0) is 9.47 Å². The zero-order valence-corrected chi connectivity index (χ0v) is 12.1. The lowest BCUT2D eigenvalue weighted by Gasteiger charge is -2.10. The second kappa shape index (κ2) is 8.08. The standard InChI is InChI=1S/C12H16BrFN2O3/c1-17-4-5-18-6-7-19-9-3-2-8(12(15)16)10(13)11(9)14/h2-3H,4-7H2,1H3,(H3,15,16). The van der Waals surface area contributed by atoms with Crippen molar-refractivity contribution < 1.29 is 18.6 Å². The third kappa shape index (κ3) is 4.77. The maximum atomic E-state index is 13.9. The van der Waals surface area contributed by atoms with Crippen molar-refractivity contribution in [3.05, 3.63) is 28.0 Å². The Bertz CT molecular complexity index is 443. The van der Waals surface area contributed by atoms with Crippen LogP contribution in [0.4, 0.5) is 4.39 Å². The Morgan fingerprint density at radius 2 is 2.00 bits per heavy atom. The Balaban J connectivity index is 2.51. The molecule has 5 nitrogen and oxygen atoms in total. The number of hydrogen-bond donors (Lipinski definition) is 2. The molecule has 0 amide bonds. The fourth-order valence-electron chi connectivity index (χ4n) is 1.31. The maximum absolute atomic E-state index is 13.9. The van der Waals surface area contributed by atoms with Gasteiger partial charge in [0.25, 0.3) is 0 Å². The summed E-state index contributed by atoms with van der Waals surface area (Å²) in [6.07, 6.45) is 0. The summed E-state index contributed by atoms with van der Waals surface area (Å²) in [7, 11) is 1.59. The smallest absolute Gasteiger partial charge is 0.179 e. The summed E-state index contributed by atoms with van der Waals surface area (Å²) in [4.78, 5) is 0. The van der Waals surface area contributed by atoms with Gasteiger partial charge in [-0.05, 0) is 28.1 Å². The first-order valence-electron chi connectivity index (χ1n) is 5.59. The second-order valence-electron chi connectivity index (χ2n) is 3.61. The Kier molecular flexibility index (Phi) is 6.75.